The normalized spacial score (nSPS) is 11.3. The highest BCUT2D eigenvalue weighted by molar-refractivity contribution is 7.89. The molecule has 0 saturated heterocycles. The third-order valence-electron chi connectivity index (χ3n) is 3.08. The first-order valence-electron chi connectivity index (χ1n) is 7.00. The van der Waals surface area contributed by atoms with E-state index in [1.54, 1.807) is 24.3 Å². The minimum atomic E-state index is -3.48. The number of benzene rings is 2. The summed E-state index contributed by atoms with van der Waals surface area (Å²) in [7, 11) is -0.567. The molecule has 8 heteroatoms. The number of nitrogens with zero attached hydrogens (tertiary/aromatic N) is 1. The first kappa shape index (κ1) is 18.3. The average molecular weight is 369 g/mol. The van der Waals surface area contributed by atoms with Gasteiger partial charge in [0.05, 0.1) is 4.90 Å². The molecule has 24 heavy (non-hydrogen) atoms. The fraction of sp³-hybridized carbons (Fsp3) is 0.188. The van der Waals surface area contributed by atoms with Crippen LogP contribution in [0.3, 0.4) is 0 Å². The summed E-state index contributed by atoms with van der Waals surface area (Å²) in [6.45, 7) is -0.202. The van der Waals surface area contributed by atoms with Crippen molar-refractivity contribution in [2.75, 3.05) is 26.0 Å². The third-order valence-corrected chi connectivity index (χ3v) is 5.15. The van der Waals surface area contributed by atoms with Crippen molar-refractivity contribution in [1.29, 1.82) is 0 Å². The van der Waals surface area contributed by atoms with Crippen LogP contribution in [0.5, 0.6) is 5.75 Å². The summed E-state index contributed by atoms with van der Waals surface area (Å²) in [5.41, 5.74) is 0.573. The van der Waals surface area contributed by atoms with E-state index in [0.29, 0.717) is 16.5 Å². The minimum absolute atomic E-state index is 0.156. The van der Waals surface area contributed by atoms with Crippen LogP contribution in [-0.4, -0.2) is 39.3 Å². The lowest BCUT2D eigenvalue weighted by Gasteiger charge is -2.12. The first-order chi connectivity index (χ1) is 11.3. The van der Waals surface area contributed by atoms with Gasteiger partial charge in [-0.3, -0.25) is 4.79 Å². The molecule has 0 heterocycles. The molecule has 0 atom stereocenters. The molecule has 1 amide bonds. The molecule has 0 spiro atoms. The summed E-state index contributed by atoms with van der Waals surface area (Å²) in [5, 5.41) is 3.17. The van der Waals surface area contributed by atoms with Crippen molar-refractivity contribution in [3.8, 4) is 5.75 Å². The van der Waals surface area contributed by atoms with Crippen LogP contribution in [0.2, 0.25) is 5.02 Å². The van der Waals surface area contributed by atoms with E-state index < -0.39 is 10.0 Å². The second kappa shape index (κ2) is 7.65. The molecule has 0 aliphatic rings. The Hall–Kier alpha value is -2.09. The van der Waals surface area contributed by atoms with Gasteiger partial charge in [-0.25, -0.2) is 12.7 Å². The number of amides is 1. The zero-order chi connectivity index (χ0) is 17.7. The summed E-state index contributed by atoms with van der Waals surface area (Å²) in [4.78, 5) is 12.0. The number of hydrogen-bond acceptors (Lipinski definition) is 4. The molecule has 128 valence electrons. The third kappa shape index (κ3) is 4.70. The monoisotopic (exact) mass is 368 g/mol. The molecule has 2 rings (SSSR count). The summed E-state index contributed by atoms with van der Waals surface area (Å²) in [6.07, 6.45) is 0. The molecule has 0 saturated carbocycles. The number of carbonyl (C=O) groups excluding carboxylic acids is 1. The Morgan fingerprint density at radius 1 is 1.17 bits per heavy atom. The average Bonchev–Trinajstić information content (AvgIpc) is 2.53. The van der Waals surface area contributed by atoms with E-state index in [9.17, 15) is 13.2 Å². The summed E-state index contributed by atoms with van der Waals surface area (Å²) in [6, 6.07) is 12.6. The van der Waals surface area contributed by atoms with E-state index >= 15 is 0 Å². The van der Waals surface area contributed by atoms with Gasteiger partial charge in [-0.05, 0) is 42.5 Å². The Morgan fingerprint density at radius 2 is 1.83 bits per heavy atom. The molecule has 0 radical (unpaired) electrons. The lowest BCUT2D eigenvalue weighted by atomic mass is 10.3. The summed E-state index contributed by atoms with van der Waals surface area (Å²) in [5.74, 6) is 0.0520. The second-order valence-corrected chi connectivity index (χ2v) is 7.69. The minimum Gasteiger partial charge on any atom is -0.484 e. The van der Waals surface area contributed by atoms with Crippen molar-refractivity contribution >= 4 is 33.2 Å². The number of rotatable bonds is 6. The smallest absolute Gasteiger partial charge is 0.262 e. The van der Waals surface area contributed by atoms with Crippen molar-refractivity contribution < 1.29 is 17.9 Å². The van der Waals surface area contributed by atoms with Gasteiger partial charge in [0.15, 0.2) is 6.61 Å². The van der Waals surface area contributed by atoms with Gasteiger partial charge in [-0.1, -0.05) is 17.7 Å². The largest absolute Gasteiger partial charge is 0.484 e. The van der Waals surface area contributed by atoms with Crippen LogP contribution in [0, 0.1) is 0 Å². The van der Waals surface area contributed by atoms with E-state index in [1.165, 1.54) is 38.4 Å². The zero-order valence-electron chi connectivity index (χ0n) is 13.2. The Bertz CT molecular complexity index is 820. The maximum absolute atomic E-state index is 12.0. The summed E-state index contributed by atoms with van der Waals surface area (Å²) < 4.78 is 30.4. The number of carbonyl (C=O) groups is 1. The van der Waals surface area contributed by atoms with E-state index in [2.05, 4.69) is 5.32 Å². The number of halogens is 1. The molecule has 0 bridgehead atoms. The van der Waals surface area contributed by atoms with Gasteiger partial charge < -0.3 is 10.1 Å². The Kier molecular flexibility index (Phi) is 5.82. The zero-order valence-corrected chi connectivity index (χ0v) is 14.8. The lowest BCUT2D eigenvalue weighted by molar-refractivity contribution is -0.118. The molecule has 2 aromatic carbocycles. The topological polar surface area (TPSA) is 75.7 Å². The van der Waals surface area contributed by atoms with Crippen molar-refractivity contribution in [2.24, 2.45) is 0 Å². The van der Waals surface area contributed by atoms with Crippen LogP contribution in [0.25, 0.3) is 0 Å². The molecule has 0 fully saturated rings. The first-order valence-corrected chi connectivity index (χ1v) is 8.81. The predicted molar refractivity (Wildman–Crippen MR) is 92.9 cm³/mol. The van der Waals surface area contributed by atoms with Crippen molar-refractivity contribution in [1.82, 2.24) is 4.31 Å². The van der Waals surface area contributed by atoms with Gasteiger partial charge in [0.1, 0.15) is 5.75 Å². The van der Waals surface area contributed by atoms with Crippen molar-refractivity contribution in [3.63, 3.8) is 0 Å². The van der Waals surface area contributed by atoms with E-state index in [4.69, 9.17) is 16.3 Å². The van der Waals surface area contributed by atoms with Gasteiger partial charge >= 0.3 is 0 Å². The van der Waals surface area contributed by atoms with Crippen LogP contribution in [0.1, 0.15) is 0 Å². The molecule has 2 aromatic rings. The number of anilines is 1. The second-order valence-electron chi connectivity index (χ2n) is 5.11. The number of sulfonamides is 1. The highest BCUT2D eigenvalue weighted by atomic mass is 35.5. The molecular formula is C16H17ClN2O4S. The van der Waals surface area contributed by atoms with E-state index in [1.807, 2.05) is 0 Å². The predicted octanol–water partition coefficient (Wildman–Crippen LogP) is 2.61. The van der Waals surface area contributed by atoms with Gasteiger partial charge in [0.25, 0.3) is 5.91 Å². The van der Waals surface area contributed by atoms with Gasteiger partial charge in [-0.15, -0.1) is 0 Å². The van der Waals surface area contributed by atoms with Gasteiger partial charge in [-0.2, -0.15) is 0 Å². The maximum Gasteiger partial charge on any atom is 0.262 e. The summed E-state index contributed by atoms with van der Waals surface area (Å²) >= 11 is 5.84. The van der Waals surface area contributed by atoms with Crippen LogP contribution >= 0.6 is 11.6 Å². The Labute approximate surface area is 146 Å². The number of hydrogen-bond donors (Lipinski definition) is 1. The maximum atomic E-state index is 12.0. The highest BCUT2D eigenvalue weighted by Crippen LogP contribution is 2.18. The molecule has 6 nitrogen and oxygen atoms in total. The molecule has 0 aromatic heterocycles. The van der Waals surface area contributed by atoms with E-state index in [0.717, 1.165) is 4.31 Å². The van der Waals surface area contributed by atoms with Crippen LogP contribution in [-0.2, 0) is 14.8 Å². The SMILES string of the molecule is CN(C)S(=O)(=O)c1ccc(OCC(=O)Nc2cccc(Cl)c2)cc1. The van der Waals surface area contributed by atoms with Gasteiger partial charge in [0.2, 0.25) is 10.0 Å². The van der Waals surface area contributed by atoms with Crippen molar-refractivity contribution in [2.45, 2.75) is 4.90 Å². The fourth-order valence-electron chi connectivity index (χ4n) is 1.83. The Balaban J connectivity index is 1.94. The van der Waals surface area contributed by atoms with Gasteiger partial charge in [0, 0.05) is 24.8 Å². The van der Waals surface area contributed by atoms with Crippen molar-refractivity contribution in [3.05, 3.63) is 53.6 Å². The molecule has 0 unspecified atom stereocenters. The van der Waals surface area contributed by atoms with Crippen LogP contribution in [0.15, 0.2) is 53.4 Å². The van der Waals surface area contributed by atoms with Crippen LogP contribution < -0.4 is 10.1 Å². The number of nitrogens with one attached hydrogen (secondary N) is 1. The molecule has 0 aliphatic carbocycles. The quantitative estimate of drug-likeness (QED) is 0.850. The van der Waals surface area contributed by atoms with E-state index in [-0.39, 0.29) is 17.4 Å². The lowest BCUT2D eigenvalue weighted by Crippen LogP contribution is -2.22. The Morgan fingerprint density at radius 3 is 2.42 bits per heavy atom. The standard InChI is InChI=1S/C16H17ClN2O4S/c1-19(2)24(21,22)15-8-6-14(7-9-15)23-11-16(20)18-13-5-3-4-12(17)10-13/h3-10H,11H2,1-2H3,(H,18,20). The number of ether oxygens (including phenoxy) is 1. The molecule has 1 N–H and O–H groups in total. The highest BCUT2D eigenvalue weighted by Gasteiger charge is 2.16. The fourth-order valence-corrected chi connectivity index (χ4v) is 2.92. The molecular weight excluding hydrogens is 352 g/mol. The molecule has 0 aliphatic heterocycles. The van der Waals surface area contributed by atoms with Crippen LogP contribution in [0.4, 0.5) is 5.69 Å².